The van der Waals surface area contributed by atoms with Gasteiger partial charge in [0.25, 0.3) is 5.69 Å². The van der Waals surface area contributed by atoms with E-state index < -0.39 is 11.0 Å². The van der Waals surface area contributed by atoms with Crippen molar-refractivity contribution in [1.29, 1.82) is 0 Å². The minimum atomic E-state index is -0.773. The third-order valence-corrected chi connectivity index (χ3v) is 2.37. The van der Waals surface area contributed by atoms with E-state index in [1.54, 1.807) is 12.1 Å². The van der Waals surface area contributed by atoms with Crippen LogP contribution in [0.5, 0.6) is 0 Å². The van der Waals surface area contributed by atoms with Gasteiger partial charge in [0.1, 0.15) is 0 Å². The van der Waals surface area contributed by atoms with E-state index in [0.29, 0.717) is 16.6 Å². The summed E-state index contributed by atoms with van der Waals surface area (Å²) in [5.41, 5.74) is 8.13. The first-order valence-electron chi connectivity index (χ1n) is 4.47. The molecule has 0 heterocycles. The number of nitrogens with one attached hydrogen (secondary N) is 1. The highest BCUT2D eigenvalue weighted by atomic mass is 79.9. The molecule has 0 aliphatic carbocycles. The lowest BCUT2D eigenvalue weighted by Gasteiger charge is -2.02. The van der Waals surface area contributed by atoms with Gasteiger partial charge in [-0.3, -0.25) is 10.1 Å². The van der Waals surface area contributed by atoms with Crippen LogP contribution in [0.3, 0.4) is 0 Å². The monoisotopic (exact) mass is 300 g/mol. The second kappa shape index (κ2) is 5.94. The molecule has 8 heteroatoms. The molecule has 0 spiro atoms. The normalized spacial score (nSPS) is 11.0. The Morgan fingerprint density at radius 2 is 2.06 bits per heavy atom. The van der Waals surface area contributed by atoms with Gasteiger partial charge in [0.05, 0.1) is 10.6 Å². The molecular weight excluding hydrogens is 292 g/mol. The van der Waals surface area contributed by atoms with Crippen LogP contribution in [0.15, 0.2) is 29.4 Å². The molecule has 1 aromatic rings. The zero-order chi connectivity index (χ0) is 12.8. The second-order valence-electron chi connectivity index (χ2n) is 2.97. The Hall–Kier alpha value is -1.96. The molecule has 1 rings (SSSR count). The molecule has 90 valence electrons. The Morgan fingerprint density at radius 3 is 2.47 bits per heavy atom. The largest absolute Gasteiger partial charge is 0.350 e. The molecule has 0 saturated heterocycles. The van der Waals surface area contributed by atoms with Crippen LogP contribution in [0.25, 0.3) is 0 Å². The smallest absolute Gasteiger partial charge is 0.332 e. The van der Waals surface area contributed by atoms with Crippen molar-refractivity contribution in [2.75, 3.05) is 5.33 Å². The third-order valence-electron chi connectivity index (χ3n) is 1.84. The minimum absolute atomic E-state index is 0.00877. The summed E-state index contributed by atoms with van der Waals surface area (Å²) in [6.45, 7) is 0. The molecule has 0 aromatic heterocycles. The average molecular weight is 301 g/mol. The highest BCUT2D eigenvalue weighted by Crippen LogP contribution is 2.13. The van der Waals surface area contributed by atoms with Gasteiger partial charge < -0.3 is 5.73 Å². The molecule has 3 N–H and O–H groups in total. The van der Waals surface area contributed by atoms with Gasteiger partial charge in [0, 0.05) is 17.5 Å². The summed E-state index contributed by atoms with van der Waals surface area (Å²) in [6, 6.07) is 5.03. The number of nitrogens with zero attached hydrogens (tertiary/aromatic N) is 2. The molecule has 0 saturated carbocycles. The second-order valence-corrected chi connectivity index (χ2v) is 3.53. The van der Waals surface area contributed by atoms with E-state index in [4.69, 9.17) is 5.73 Å². The highest BCUT2D eigenvalue weighted by molar-refractivity contribution is 9.09. The number of hydrogen-bond acceptors (Lipinski definition) is 4. The maximum atomic E-state index is 10.5. The van der Waals surface area contributed by atoms with Gasteiger partial charge in [-0.25, -0.2) is 10.2 Å². The number of benzene rings is 1. The Balaban J connectivity index is 2.93. The first-order chi connectivity index (χ1) is 8.04. The number of alkyl halides is 1. The van der Waals surface area contributed by atoms with Crippen molar-refractivity contribution in [2.45, 2.75) is 0 Å². The summed E-state index contributed by atoms with van der Waals surface area (Å²) < 4.78 is 0. The van der Waals surface area contributed by atoms with Crippen LogP contribution in [0.2, 0.25) is 0 Å². The van der Waals surface area contributed by atoms with E-state index in [2.05, 4.69) is 26.5 Å². The number of non-ortho nitro benzene ring substituents is 1. The summed E-state index contributed by atoms with van der Waals surface area (Å²) in [4.78, 5) is 20.5. The zero-order valence-electron chi connectivity index (χ0n) is 8.59. The van der Waals surface area contributed by atoms with Gasteiger partial charge in [0.2, 0.25) is 0 Å². The van der Waals surface area contributed by atoms with Gasteiger partial charge >= 0.3 is 6.03 Å². The number of urea groups is 1. The lowest BCUT2D eigenvalue weighted by Crippen LogP contribution is -2.26. The van der Waals surface area contributed by atoms with Gasteiger partial charge in [-0.1, -0.05) is 15.9 Å². The van der Waals surface area contributed by atoms with Crippen LogP contribution < -0.4 is 11.2 Å². The number of nitrogens with two attached hydrogens (primary N) is 1. The summed E-state index contributed by atoms with van der Waals surface area (Å²) in [5, 5.41) is 14.6. The van der Waals surface area contributed by atoms with Crippen molar-refractivity contribution in [3.05, 3.63) is 39.9 Å². The van der Waals surface area contributed by atoms with E-state index in [1.165, 1.54) is 12.1 Å². The van der Waals surface area contributed by atoms with Crippen molar-refractivity contribution < 1.29 is 9.72 Å². The van der Waals surface area contributed by atoms with E-state index in [0.717, 1.165) is 0 Å². The van der Waals surface area contributed by atoms with Crippen LogP contribution in [0.4, 0.5) is 10.5 Å². The van der Waals surface area contributed by atoms with Crippen molar-refractivity contribution in [3.63, 3.8) is 0 Å². The van der Waals surface area contributed by atoms with Crippen LogP contribution in [-0.4, -0.2) is 22.0 Å². The highest BCUT2D eigenvalue weighted by Gasteiger charge is 2.07. The van der Waals surface area contributed by atoms with E-state index in [-0.39, 0.29) is 5.69 Å². The number of carbonyl (C=O) groups excluding carboxylic acids is 1. The van der Waals surface area contributed by atoms with Gasteiger partial charge in [-0.05, 0) is 17.7 Å². The average Bonchev–Trinajstić information content (AvgIpc) is 2.30. The molecule has 2 amide bonds. The van der Waals surface area contributed by atoms with Crippen molar-refractivity contribution in [1.82, 2.24) is 5.43 Å². The fraction of sp³-hybridized carbons (Fsp3) is 0.111. The SMILES string of the molecule is NC(=O)NN=C(CBr)c1ccc([N+](=O)[O-])cc1. The summed E-state index contributed by atoms with van der Waals surface area (Å²) in [7, 11) is 0. The maximum absolute atomic E-state index is 10.5. The van der Waals surface area contributed by atoms with E-state index in [9.17, 15) is 14.9 Å². The number of primary amides is 1. The molecular formula is C9H9BrN4O3. The fourth-order valence-electron chi connectivity index (χ4n) is 1.07. The number of halogens is 1. The Labute approximate surface area is 105 Å². The predicted molar refractivity (Wildman–Crippen MR) is 66.1 cm³/mol. The van der Waals surface area contributed by atoms with Gasteiger partial charge in [-0.15, -0.1) is 0 Å². The molecule has 0 fully saturated rings. The van der Waals surface area contributed by atoms with E-state index >= 15 is 0 Å². The quantitative estimate of drug-likeness (QED) is 0.379. The lowest BCUT2D eigenvalue weighted by molar-refractivity contribution is -0.384. The maximum Gasteiger partial charge on any atom is 0.332 e. The summed E-state index contributed by atoms with van der Waals surface area (Å²) >= 11 is 3.19. The number of amides is 2. The van der Waals surface area contributed by atoms with Gasteiger partial charge in [-0.2, -0.15) is 5.10 Å². The first-order valence-corrected chi connectivity index (χ1v) is 5.59. The third kappa shape index (κ3) is 3.83. The molecule has 1 aromatic carbocycles. The first kappa shape index (κ1) is 13.1. The molecule has 0 atom stereocenters. The van der Waals surface area contributed by atoms with Crippen molar-refractivity contribution in [2.24, 2.45) is 10.8 Å². The Morgan fingerprint density at radius 1 is 1.47 bits per heavy atom. The molecule has 0 radical (unpaired) electrons. The summed E-state index contributed by atoms with van der Waals surface area (Å²) in [5.74, 6) is 0. The molecule has 7 nitrogen and oxygen atoms in total. The van der Waals surface area contributed by atoms with Crippen molar-refractivity contribution in [3.8, 4) is 0 Å². The standard InChI is InChI=1S/C9H9BrN4O3/c10-5-8(12-13-9(11)15)6-1-3-7(4-2-6)14(16)17/h1-4H,5H2,(H3,11,13,15). The molecule has 17 heavy (non-hydrogen) atoms. The molecule has 0 unspecified atom stereocenters. The van der Waals surface area contributed by atoms with E-state index in [1.807, 2.05) is 0 Å². The van der Waals surface area contributed by atoms with Gasteiger partial charge in [0.15, 0.2) is 0 Å². The topological polar surface area (TPSA) is 111 Å². The predicted octanol–water partition coefficient (Wildman–Crippen LogP) is 1.36. The van der Waals surface area contributed by atoms with Crippen LogP contribution in [0, 0.1) is 10.1 Å². The number of nitro groups is 1. The molecule has 0 aliphatic heterocycles. The number of hydrazone groups is 1. The zero-order valence-corrected chi connectivity index (χ0v) is 10.2. The van der Waals surface area contributed by atoms with Crippen LogP contribution in [0.1, 0.15) is 5.56 Å². The number of carbonyl (C=O) groups is 1. The number of hydrogen-bond donors (Lipinski definition) is 2. The summed E-state index contributed by atoms with van der Waals surface area (Å²) in [6.07, 6.45) is 0. The minimum Gasteiger partial charge on any atom is -0.350 e. The molecule has 0 bridgehead atoms. The number of nitro benzene ring substituents is 1. The molecule has 0 aliphatic rings. The lowest BCUT2D eigenvalue weighted by atomic mass is 10.1. The number of rotatable bonds is 4. The van der Waals surface area contributed by atoms with Crippen LogP contribution in [-0.2, 0) is 0 Å². The van der Waals surface area contributed by atoms with Crippen molar-refractivity contribution >= 4 is 33.4 Å². The Bertz CT molecular complexity index is 458. The fourth-order valence-corrected chi connectivity index (χ4v) is 1.52. The Kier molecular flexibility index (Phi) is 4.58. The van der Waals surface area contributed by atoms with Crippen LogP contribution >= 0.6 is 15.9 Å².